The third-order valence-electron chi connectivity index (χ3n) is 8.90. The minimum Gasteiger partial charge on any atom is -0.456 e. The van der Waals surface area contributed by atoms with Crippen LogP contribution in [0.5, 0.6) is 0 Å². The van der Waals surface area contributed by atoms with Gasteiger partial charge in [-0.1, -0.05) is 97.1 Å². The molecule has 214 valence electrons. The number of benzene rings is 7. The van der Waals surface area contributed by atoms with Crippen molar-refractivity contribution in [3.05, 3.63) is 140 Å². The normalized spacial score (nSPS) is 11.9. The molecule has 0 spiro atoms. The van der Waals surface area contributed by atoms with Gasteiger partial charge in [0.25, 0.3) is 0 Å². The Hall–Kier alpha value is -5.91. The van der Waals surface area contributed by atoms with E-state index in [9.17, 15) is 0 Å². The van der Waals surface area contributed by atoms with Crippen LogP contribution in [-0.2, 0) is 0 Å². The molecule has 0 saturated carbocycles. The summed E-state index contributed by atoms with van der Waals surface area (Å²) >= 11 is 1.81. The average Bonchev–Trinajstić information content (AvgIpc) is 3.68. The summed E-state index contributed by atoms with van der Waals surface area (Å²) in [7, 11) is 0. The molecule has 0 aliphatic rings. The molecule has 10 aromatic rings. The Bertz CT molecular complexity index is 2820. The van der Waals surface area contributed by atoms with Crippen molar-refractivity contribution in [2.75, 3.05) is 0 Å². The molecule has 4 nitrogen and oxygen atoms in total. The molecular formula is C41H23N3OS. The van der Waals surface area contributed by atoms with Crippen LogP contribution in [0.1, 0.15) is 0 Å². The Labute approximate surface area is 267 Å². The second kappa shape index (κ2) is 9.80. The number of hydrogen-bond acceptors (Lipinski definition) is 5. The number of aromatic nitrogens is 3. The average molecular weight is 606 g/mol. The van der Waals surface area contributed by atoms with E-state index < -0.39 is 0 Å². The largest absolute Gasteiger partial charge is 0.456 e. The van der Waals surface area contributed by atoms with E-state index in [4.69, 9.17) is 19.4 Å². The summed E-state index contributed by atoms with van der Waals surface area (Å²) < 4.78 is 8.99. The fourth-order valence-corrected chi connectivity index (χ4v) is 7.81. The number of furan rings is 1. The van der Waals surface area contributed by atoms with Gasteiger partial charge < -0.3 is 4.42 Å². The molecule has 0 aliphatic heterocycles. The first-order chi connectivity index (χ1) is 22.8. The van der Waals surface area contributed by atoms with Gasteiger partial charge in [0.2, 0.25) is 0 Å². The molecule has 10 rings (SSSR count). The Balaban J connectivity index is 1.24. The van der Waals surface area contributed by atoms with E-state index in [1.54, 1.807) is 11.3 Å². The van der Waals surface area contributed by atoms with Crippen LogP contribution in [0.25, 0.3) is 97.8 Å². The smallest absolute Gasteiger partial charge is 0.164 e. The Morgan fingerprint density at radius 3 is 2.07 bits per heavy atom. The van der Waals surface area contributed by atoms with Gasteiger partial charge >= 0.3 is 0 Å². The van der Waals surface area contributed by atoms with E-state index in [2.05, 4.69) is 97.1 Å². The summed E-state index contributed by atoms with van der Waals surface area (Å²) in [6.45, 7) is 0. The zero-order valence-electron chi connectivity index (χ0n) is 24.4. The van der Waals surface area contributed by atoms with Crippen molar-refractivity contribution in [2.45, 2.75) is 0 Å². The summed E-state index contributed by atoms with van der Waals surface area (Å²) in [6.07, 6.45) is 0. The maximum absolute atomic E-state index is 6.47. The molecule has 0 fully saturated rings. The van der Waals surface area contributed by atoms with Gasteiger partial charge in [0.05, 0.1) is 0 Å². The lowest BCUT2D eigenvalue weighted by molar-refractivity contribution is 0.669. The number of hydrogen-bond donors (Lipinski definition) is 0. The standard InChI is InChI=1S/C41H23N3OS/c1-2-10-25(11-3-1)39-42-40(27-19-20-37-32(21-27)29-13-6-7-16-36(29)46-37)44-41(43-39)30-14-8-15-34-38(30)33-23-31-26(22-35(33)45-34)18-17-24-9-4-5-12-28(24)31/h1-23H. The zero-order chi connectivity index (χ0) is 30.2. The number of nitrogens with zero attached hydrogens (tertiary/aromatic N) is 3. The first-order valence-corrected chi connectivity index (χ1v) is 16.1. The van der Waals surface area contributed by atoms with Crippen LogP contribution in [-0.4, -0.2) is 15.0 Å². The number of rotatable bonds is 3. The lowest BCUT2D eigenvalue weighted by Gasteiger charge is -2.09. The number of fused-ring (bicyclic) bond motifs is 9. The highest BCUT2D eigenvalue weighted by Crippen LogP contribution is 2.40. The van der Waals surface area contributed by atoms with E-state index in [1.807, 2.05) is 42.5 Å². The SMILES string of the molecule is c1ccc(-c2nc(-c3ccc4sc5ccccc5c4c3)nc(-c3cccc4oc5cc6ccc7ccccc7c6cc5c34)n2)cc1. The molecule has 0 unspecified atom stereocenters. The van der Waals surface area contributed by atoms with Gasteiger partial charge in [-0.15, -0.1) is 11.3 Å². The van der Waals surface area contributed by atoms with Crippen LogP contribution in [0.2, 0.25) is 0 Å². The van der Waals surface area contributed by atoms with Crippen molar-refractivity contribution in [1.82, 2.24) is 15.0 Å². The molecule has 0 aliphatic carbocycles. The van der Waals surface area contributed by atoms with Gasteiger partial charge in [-0.05, 0) is 64.0 Å². The lowest BCUT2D eigenvalue weighted by atomic mass is 9.98. The van der Waals surface area contributed by atoms with Crippen molar-refractivity contribution < 1.29 is 4.42 Å². The zero-order valence-corrected chi connectivity index (χ0v) is 25.3. The van der Waals surface area contributed by atoms with Gasteiger partial charge in [0.1, 0.15) is 11.2 Å². The minimum absolute atomic E-state index is 0.616. The summed E-state index contributed by atoms with van der Waals surface area (Å²) in [4.78, 5) is 15.3. The molecule has 3 aromatic heterocycles. The maximum atomic E-state index is 6.47. The minimum atomic E-state index is 0.616. The summed E-state index contributed by atoms with van der Waals surface area (Å²) in [6, 6.07) is 48.6. The third kappa shape index (κ3) is 3.89. The van der Waals surface area contributed by atoms with Crippen LogP contribution >= 0.6 is 11.3 Å². The van der Waals surface area contributed by atoms with Crippen molar-refractivity contribution in [1.29, 1.82) is 0 Å². The van der Waals surface area contributed by atoms with Crippen molar-refractivity contribution in [3.8, 4) is 34.2 Å². The predicted octanol–water partition coefficient (Wildman–Crippen LogP) is 11.4. The molecule has 0 amide bonds. The quantitative estimate of drug-likeness (QED) is 0.188. The Kier molecular flexibility index (Phi) is 5.41. The van der Waals surface area contributed by atoms with Crippen molar-refractivity contribution in [2.24, 2.45) is 0 Å². The van der Waals surface area contributed by atoms with Crippen LogP contribution in [0.15, 0.2) is 144 Å². The maximum Gasteiger partial charge on any atom is 0.164 e. The third-order valence-corrected chi connectivity index (χ3v) is 10.1. The van der Waals surface area contributed by atoms with Crippen molar-refractivity contribution in [3.63, 3.8) is 0 Å². The van der Waals surface area contributed by atoms with Crippen LogP contribution < -0.4 is 0 Å². The van der Waals surface area contributed by atoms with Crippen molar-refractivity contribution >= 4 is 75.0 Å². The fourth-order valence-electron chi connectivity index (χ4n) is 6.72. The first-order valence-electron chi connectivity index (χ1n) is 15.3. The van der Waals surface area contributed by atoms with Crippen LogP contribution in [0, 0.1) is 0 Å². The second-order valence-electron chi connectivity index (χ2n) is 11.6. The van der Waals surface area contributed by atoms with Gasteiger partial charge in [-0.2, -0.15) is 0 Å². The van der Waals surface area contributed by atoms with Gasteiger partial charge in [-0.3, -0.25) is 0 Å². The first kappa shape index (κ1) is 25.4. The monoisotopic (exact) mass is 605 g/mol. The van der Waals surface area contributed by atoms with E-state index in [0.717, 1.165) is 44.0 Å². The highest BCUT2D eigenvalue weighted by molar-refractivity contribution is 7.25. The molecule has 5 heteroatoms. The van der Waals surface area contributed by atoms with Crippen LogP contribution in [0.4, 0.5) is 0 Å². The van der Waals surface area contributed by atoms with Gasteiger partial charge in [0, 0.05) is 47.6 Å². The molecule has 7 aromatic carbocycles. The highest BCUT2D eigenvalue weighted by atomic mass is 32.1. The summed E-state index contributed by atoms with van der Waals surface area (Å²) in [5, 5.41) is 9.29. The predicted molar refractivity (Wildman–Crippen MR) is 191 cm³/mol. The molecule has 0 bridgehead atoms. The molecule has 0 N–H and O–H groups in total. The molecule has 46 heavy (non-hydrogen) atoms. The molecule has 3 heterocycles. The summed E-state index contributed by atoms with van der Waals surface area (Å²) in [5.41, 5.74) is 4.47. The molecule has 0 radical (unpaired) electrons. The lowest BCUT2D eigenvalue weighted by Crippen LogP contribution is -2.00. The van der Waals surface area contributed by atoms with E-state index >= 15 is 0 Å². The Morgan fingerprint density at radius 2 is 1.15 bits per heavy atom. The van der Waals surface area contributed by atoms with E-state index in [-0.39, 0.29) is 0 Å². The van der Waals surface area contributed by atoms with Gasteiger partial charge in [0.15, 0.2) is 17.5 Å². The second-order valence-corrected chi connectivity index (χ2v) is 12.7. The summed E-state index contributed by atoms with van der Waals surface area (Å²) in [5.74, 6) is 1.89. The molecule has 0 atom stereocenters. The highest BCUT2D eigenvalue weighted by Gasteiger charge is 2.19. The van der Waals surface area contributed by atoms with E-state index in [0.29, 0.717) is 17.5 Å². The Morgan fingerprint density at radius 1 is 0.413 bits per heavy atom. The topological polar surface area (TPSA) is 51.8 Å². The molecular weight excluding hydrogens is 583 g/mol. The number of thiophene rings is 1. The molecule has 0 saturated heterocycles. The van der Waals surface area contributed by atoms with Crippen LogP contribution in [0.3, 0.4) is 0 Å². The fraction of sp³-hybridized carbons (Fsp3) is 0. The van der Waals surface area contributed by atoms with Gasteiger partial charge in [-0.25, -0.2) is 15.0 Å². The van der Waals surface area contributed by atoms with E-state index in [1.165, 1.54) is 36.3 Å².